The summed E-state index contributed by atoms with van der Waals surface area (Å²) in [5.41, 5.74) is 1.29. The maximum Gasteiger partial charge on any atom is 0.319 e. The number of piperazine rings is 1. The number of carbonyl (C=O) groups excluding carboxylic acids is 1. The zero-order chi connectivity index (χ0) is 15.2. The van der Waals surface area contributed by atoms with Crippen molar-refractivity contribution in [2.24, 2.45) is 0 Å². The molecule has 5 nitrogen and oxygen atoms in total. The second kappa shape index (κ2) is 7.31. The Morgan fingerprint density at radius 3 is 2.57 bits per heavy atom. The maximum atomic E-state index is 11.9. The predicted octanol–water partition coefficient (Wildman–Crippen LogP) is 1.54. The lowest BCUT2D eigenvalue weighted by molar-refractivity contribution is 0.124. The molecule has 1 aromatic rings. The second-order valence-corrected chi connectivity index (χ2v) is 5.61. The van der Waals surface area contributed by atoms with Crippen molar-refractivity contribution in [2.75, 3.05) is 53.9 Å². The summed E-state index contributed by atoms with van der Waals surface area (Å²) in [7, 11) is 5.30. The Bertz CT molecular complexity index is 468. The first-order valence-electron chi connectivity index (χ1n) is 7.41. The summed E-state index contributed by atoms with van der Waals surface area (Å²) in [4.78, 5) is 17.9. The van der Waals surface area contributed by atoms with Gasteiger partial charge in [-0.2, -0.15) is 0 Å². The van der Waals surface area contributed by atoms with Crippen molar-refractivity contribution in [3.63, 3.8) is 0 Å². The Kier molecular flexibility index (Phi) is 5.44. The Morgan fingerprint density at radius 1 is 1.24 bits per heavy atom. The van der Waals surface area contributed by atoms with Crippen LogP contribution >= 0.6 is 0 Å². The van der Waals surface area contributed by atoms with Gasteiger partial charge in [0.2, 0.25) is 0 Å². The number of urea groups is 1. The van der Waals surface area contributed by atoms with E-state index in [-0.39, 0.29) is 6.03 Å². The lowest BCUT2D eigenvalue weighted by Gasteiger charge is -2.35. The van der Waals surface area contributed by atoms with E-state index in [0.29, 0.717) is 0 Å². The van der Waals surface area contributed by atoms with Crippen molar-refractivity contribution in [3.8, 4) is 5.75 Å². The van der Waals surface area contributed by atoms with Crippen LogP contribution in [0.2, 0.25) is 0 Å². The molecule has 1 aliphatic rings. The molecule has 0 saturated carbocycles. The largest absolute Gasteiger partial charge is 0.497 e. The summed E-state index contributed by atoms with van der Waals surface area (Å²) in [5, 5.41) is 0. The van der Waals surface area contributed by atoms with Crippen LogP contribution in [0.5, 0.6) is 5.75 Å². The third-order valence-electron chi connectivity index (χ3n) is 3.88. The Hall–Kier alpha value is -1.75. The van der Waals surface area contributed by atoms with E-state index in [4.69, 9.17) is 4.74 Å². The zero-order valence-electron chi connectivity index (χ0n) is 13.2. The molecule has 0 N–H and O–H groups in total. The molecule has 0 aromatic heterocycles. The summed E-state index contributed by atoms with van der Waals surface area (Å²) < 4.78 is 5.25. The third kappa shape index (κ3) is 4.36. The molecule has 0 atom stereocenters. The standard InChI is InChI=1S/C16H25N3O2/c1-17(2)16(20)19-11-9-18(10-12-19)8-7-14-5-4-6-15(13-14)21-3/h4-6,13H,7-12H2,1-3H3. The average Bonchev–Trinajstić information content (AvgIpc) is 2.53. The van der Waals surface area contributed by atoms with Crippen LogP contribution in [0.25, 0.3) is 0 Å². The van der Waals surface area contributed by atoms with Crippen LogP contribution < -0.4 is 4.74 Å². The van der Waals surface area contributed by atoms with E-state index in [0.717, 1.165) is 44.9 Å². The Labute approximate surface area is 127 Å². The van der Waals surface area contributed by atoms with Crippen LogP contribution in [0.3, 0.4) is 0 Å². The first-order valence-corrected chi connectivity index (χ1v) is 7.41. The summed E-state index contributed by atoms with van der Waals surface area (Å²) in [6, 6.07) is 8.33. The highest BCUT2D eigenvalue weighted by Gasteiger charge is 2.21. The van der Waals surface area contributed by atoms with Gasteiger partial charge in [-0.15, -0.1) is 0 Å². The van der Waals surface area contributed by atoms with Crippen LogP contribution in [0.4, 0.5) is 4.79 Å². The number of methoxy groups -OCH3 is 1. The quantitative estimate of drug-likeness (QED) is 0.844. The van der Waals surface area contributed by atoms with Gasteiger partial charge in [0.1, 0.15) is 5.75 Å². The Morgan fingerprint density at radius 2 is 1.95 bits per heavy atom. The van der Waals surface area contributed by atoms with Gasteiger partial charge in [0.05, 0.1) is 7.11 Å². The van der Waals surface area contributed by atoms with E-state index in [1.54, 1.807) is 26.1 Å². The van der Waals surface area contributed by atoms with Crippen LogP contribution in [-0.4, -0.2) is 74.7 Å². The monoisotopic (exact) mass is 291 g/mol. The molecule has 5 heteroatoms. The van der Waals surface area contributed by atoms with Crippen LogP contribution in [0.15, 0.2) is 24.3 Å². The minimum Gasteiger partial charge on any atom is -0.497 e. The molecule has 0 bridgehead atoms. The minimum absolute atomic E-state index is 0.113. The van der Waals surface area contributed by atoms with Gasteiger partial charge < -0.3 is 14.5 Å². The number of rotatable bonds is 4. The van der Waals surface area contributed by atoms with Crippen molar-refractivity contribution in [3.05, 3.63) is 29.8 Å². The van der Waals surface area contributed by atoms with Crippen molar-refractivity contribution >= 4 is 6.03 Å². The van der Waals surface area contributed by atoms with Gasteiger partial charge in [0.25, 0.3) is 0 Å². The highest BCUT2D eigenvalue weighted by atomic mass is 16.5. The van der Waals surface area contributed by atoms with Gasteiger partial charge >= 0.3 is 6.03 Å². The molecule has 0 radical (unpaired) electrons. The number of benzene rings is 1. The maximum absolute atomic E-state index is 11.9. The highest BCUT2D eigenvalue weighted by molar-refractivity contribution is 5.73. The molecule has 1 aliphatic heterocycles. The van der Waals surface area contributed by atoms with Gasteiger partial charge in [-0.1, -0.05) is 12.1 Å². The van der Waals surface area contributed by atoms with E-state index in [9.17, 15) is 4.79 Å². The van der Waals surface area contributed by atoms with E-state index in [1.807, 2.05) is 17.0 Å². The highest BCUT2D eigenvalue weighted by Crippen LogP contribution is 2.14. The van der Waals surface area contributed by atoms with Crippen LogP contribution in [-0.2, 0) is 6.42 Å². The van der Waals surface area contributed by atoms with Gasteiger partial charge in [0, 0.05) is 46.8 Å². The zero-order valence-corrected chi connectivity index (χ0v) is 13.2. The second-order valence-electron chi connectivity index (χ2n) is 5.61. The van der Waals surface area contributed by atoms with Crippen molar-refractivity contribution in [2.45, 2.75) is 6.42 Å². The molecule has 0 unspecified atom stereocenters. The minimum atomic E-state index is 0.113. The van der Waals surface area contributed by atoms with Crippen molar-refractivity contribution in [1.82, 2.24) is 14.7 Å². The molecule has 1 aromatic carbocycles. The molecule has 116 valence electrons. The third-order valence-corrected chi connectivity index (χ3v) is 3.88. The van der Waals surface area contributed by atoms with Crippen molar-refractivity contribution < 1.29 is 9.53 Å². The average molecular weight is 291 g/mol. The van der Waals surface area contributed by atoms with E-state index < -0.39 is 0 Å². The fourth-order valence-electron chi connectivity index (χ4n) is 2.56. The number of hydrogen-bond donors (Lipinski definition) is 0. The molecule has 2 rings (SSSR count). The van der Waals surface area contributed by atoms with E-state index in [2.05, 4.69) is 17.0 Å². The van der Waals surface area contributed by atoms with Gasteiger partial charge in [0.15, 0.2) is 0 Å². The summed E-state index contributed by atoms with van der Waals surface area (Å²) in [6.07, 6.45) is 1.01. The lowest BCUT2D eigenvalue weighted by atomic mass is 10.1. The molecule has 0 aliphatic carbocycles. The van der Waals surface area contributed by atoms with Crippen LogP contribution in [0.1, 0.15) is 5.56 Å². The molecule has 1 saturated heterocycles. The van der Waals surface area contributed by atoms with Gasteiger partial charge in [-0.3, -0.25) is 4.90 Å². The molecule has 1 heterocycles. The molecule has 0 spiro atoms. The number of carbonyl (C=O) groups is 1. The van der Waals surface area contributed by atoms with E-state index in [1.165, 1.54) is 5.56 Å². The number of hydrogen-bond acceptors (Lipinski definition) is 3. The summed E-state index contributed by atoms with van der Waals surface area (Å²) >= 11 is 0. The number of ether oxygens (including phenoxy) is 1. The predicted molar refractivity (Wildman–Crippen MR) is 83.8 cm³/mol. The fourth-order valence-corrected chi connectivity index (χ4v) is 2.56. The molecule has 2 amide bonds. The first-order chi connectivity index (χ1) is 10.1. The molecule has 21 heavy (non-hydrogen) atoms. The van der Waals surface area contributed by atoms with Crippen molar-refractivity contribution in [1.29, 1.82) is 0 Å². The molecule has 1 fully saturated rings. The molecular weight excluding hydrogens is 266 g/mol. The number of amides is 2. The summed E-state index contributed by atoms with van der Waals surface area (Å²) in [6.45, 7) is 4.55. The smallest absolute Gasteiger partial charge is 0.319 e. The summed E-state index contributed by atoms with van der Waals surface area (Å²) in [5.74, 6) is 0.911. The van der Waals surface area contributed by atoms with Gasteiger partial charge in [-0.05, 0) is 24.1 Å². The fraction of sp³-hybridized carbons (Fsp3) is 0.562. The normalized spacial score (nSPS) is 15.9. The lowest BCUT2D eigenvalue weighted by Crippen LogP contribution is -2.51. The van der Waals surface area contributed by atoms with Crippen LogP contribution in [0, 0.1) is 0 Å². The topological polar surface area (TPSA) is 36.0 Å². The first kappa shape index (κ1) is 15.6. The molecular formula is C16H25N3O2. The van der Waals surface area contributed by atoms with Gasteiger partial charge in [-0.25, -0.2) is 4.79 Å². The SMILES string of the molecule is COc1cccc(CCN2CCN(C(=O)N(C)C)CC2)c1. The Balaban J connectivity index is 1.77. The van der Waals surface area contributed by atoms with E-state index >= 15 is 0 Å². The number of nitrogens with zero attached hydrogens (tertiary/aromatic N) is 3.